The standard InChI is InChI=1S/C17H34N4O10/c18-2-6-10(24)12(26)8(21)16(28-6)30-14-5(20)1-4(19)9(23)15(14)31-17-13(27)11(25)7(3-22)29-17/h4-17,22-27H,1-3,18-21H2/t4-,5+,6-,7-,8-,9+,10-,11-,12-,13-,14?,15-,16?,17+/m1/s1. The van der Waals surface area contributed by atoms with E-state index in [0.717, 1.165) is 0 Å². The lowest BCUT2D eigenvalue weighted by Gasteiger charge is -2.47. The van der Waals surface area contributed by atoms with E-state index in [4.69, 9.17) is 41.9 Å². The zero-order valence-electron chi connectivity index (χ0n) is 16.8. The van der Waals surface area contributed by atoms with E-state index in [0.29, 0.717) is 0 Å². The molecule has 2 aliphatic heterocycles. The van der Waals surface area contributed by atoms with E-state index in [1.807, 2.05) is 0 Å². The number of rotatable bonds is 6. The Morgan fingerprint density at radius 2 is 1.29 bits per heavy atom. The SMILES string of the molecule is NC[C@H]1OC(OC2[C@@H](N)C[C@@H](N)[C@H](O)[C@H]2O[C@@H]2O[C@H](CO)[C@@H](O)[C@H]2O)[C@H](N)[C@@H](O)[C@@H]1O. The lowest BCUT2D eigenvalue weighted by molar-refractivity contribution is -0.306. The zero-order valence-corrected chi connectivity index (χ0v) is 16.8. The number of aliphatic hydroxyl groups is 6. The van der Waals surface area contributed by atoms with E-state index in [-0.39, 0.29) is 13.0 Å². The van der Waals surface area contributed by atoms with Gasteiger partial charge in [-0.2, -0.15) is 0 Å². The predicted molar refractivity (Wildman–Crippen MR) is 102 cm³/mol. The highest BCUT2D eigenvalue weighted by Crippen LogP contribution is 2.31. The normalized spacial score (nSPS) is 53.6. The fourth-order valence-electron chi connectivity index (χ4n) is 4.16. The first-order chi connectivity index (χ1) is 14.6. The third kappa shape index (κ3) is 4.87. The van der Waals surface area contributed by atoms with Gasteiger partial charge in [0.1, 0.15) is 48.8 Å². The first-order valence-electron chi connectivity index (χ1n) is 10.2. The van der Waals surface area contributed by atoms with Gasteiger partial charge in [-0.1, -0.05) is 0 Å². The Hall–Kier alpha value is -0.560. The molecule has 14 atom stereocenters. The summed E-state index contributed by atoms with van der Waals surface area (Å²) in [6.45, 7) is -0.673. The molecule has 0 aromatic carbocycles. The third-order valence-corrected chi connectivity index (χ3v) is 6.13. The maximum absolute atomic E-state index is 10.6. The van der Waals surface area contributed by atoms with Crippen LogP contribution in [0.5, 0.6) is 0 Å². The molecule has 14 N–H and O–H groups in total. The second-order valence-electron chi connectivity index (χ2n) is 8.30. The summed E-state index contributed by atoms with van der Waals surface area (Å²) < 4.78 is 22.5. The van der Waals surface area contributed by atoms with Gasteiger partial charge >= 0.3 is 0 Å². The van der Waals surface area contributed by atoms with Gasteiger partial charge in [0.25, 0.3) is 0 Å². The molecule has 31 heavy (non-hydrogen) atoms. The Balaban J connectivity index is 1.78. The van der Waals surface area contributed by atoms with Crippen LogP contribution in [0.25, 0.3) is 0 Å². The molecule has 14 heteroatoms. The smallest absolute Gasteiger partial charge is 0.187 e. The molecule has 182 valence electrons. The second-order valence-corrected chi connectivity index (χ2v) is 8.30. The van der Waals surface area contributed by atoms with E-state index >= 15 is 0 Å². The second kappa shape index (κ2) is 10.1. The molecule has 3 aliphatic rings. The number of nitrogens with two attached hydrogens (primary N) is 4. The van der Waals surface area contributed by atoms with Gasteiger partial charge in [-0.25, -0.2) is 0 Å². The van der Waals surface area contributed by atoms with Crippen molar-refractivity contribution in [2.45, 2.75) is 92.1 Å². The Labute approximate surface area is 178 Å². The molecule has 0 radical (unpaired) electrons. The molecule has 0 aromatic rings. The molecular formula is C17H34N4O10. The van der Waals surface area contributed by atoms with Crippen LogP contribution in [0.4, 0.5) is 0 Å². The summed E-state index contributed by atoms with van der Waals surface area (Å²) in [6, 6.07) is -2.72. The van der Waals surface area contributed by atoms with Gasteiger partial charge in [-0.3, -0.25) is 0 Å². The number of aliphatic hydroxyl groups excluding tert-OH is 6. The lowest BCUT2D eigenvalue weighted by Crippen LogP contribution is -2.68. The van der Waals surface area contributed by atoms with Gasteiger partial charge in [-0.05, 0) is 6.42 Å². The minimum atomic E-state index is -1.51. The van der Waals surface area contributed by atoms with Crippen LogP contribution in [0.2, 0.25) is 0 Å². The molecule has 0 spiro atoms. The summed E-state index contributed by atoms with van der Waals surface area (Å²) >= 11 is 0. The van der Waals surface area contributed by atoms with Crippen LogP contribution in [0, 0.1) is 0 Å². The molecule has 0 aromatic heterocycles. The van der Waals surface area contributed by atoms with Gasteiger partial charge in [0.2, 0.25) is 0 Å². The van der Waals surface area contributed by atoms with Crippen molar-refractivity contribution in [3.8, 4) is 0 Å². The van der Waals surface area contributed by atoms with Crippen molar-refractivity contribution in [1.82, 2.24) is 0 Å². The summed E-state index contributed by atoms with van der Waals surface area (Å²) in [5, 5.41) is 60.2. The molecule has 2 heterocycles. The molecular weight excluding hydrogens is 420 g/mol. The zero-order chi connectivity index (χ0) is 23.0. The first kappa shape index (κ1) is 25.1. The highest BCUT2D eigenvalue weighted by atomic mass is 16.7. The molecule has 1 saturated carbocycles. The summed E-state index contributed by atoms with van der Waals surface area (Å²) in [5.74, 6) is 0. The Kier molecular flexibility index (Phi) is 8.21. The highest BCUT2D eigenvalue weighted by molar-refractivity contribution is 5.01. The first-order valence-corrected chi connectivity index (χ1v) is 10.2. The minimum absolute atomic E-state index is 0.114. The van der Waals surface area contributed by atoms with Crippen LogP contribution < -0.4 is 22.9 Å². The largest absolute Gasteiger partial charge is 0.394 e. The molecule has 3 rings (SSSR count). The Morgan fingerprint density at radius 1 is 0.710 bits per heavy atom. The van der Waals surface area contributed by atoms with Crippen LogP contribution in [-0.4, -0.2) is 129 Å². The van der Waals surface area contributed by atoms with Crippen LogP contribution >= 0.6 is 0 Å². The van der Waals surface area contributed by atoms with E-state index in [2.05, 4.69) is 0 Å². The maximum atomic E-state index is 10.6. The molecule has 0 bridgehead atoms. The van der Waals surface area contributed by atoms with E-state index in [1.165, 1.54) is 0 Å². The molecule has 3 fully saturated rings. The summed E-state index contributed by atoms with van der Waals surface area (Å²) in [4.78, 5) is 0. The van der Waals surface area contributed by atoms with Crippen molar-refractivity contribution in [2.24, 2.45) is 22.9 Å². The number of ether oxygens (including phenoxy) is 4. The number of hydrogen-bond donors (Lipinski definition) is 10. The van der Waals surface area contributed by atoms with Crippen LogP contribution in [-0.2, 0) is 18.9 Å². The van der Waals surface area contributed by atoms with Gasteiger partial charge in [0, 0.05) is 18.6 Å². The molecule has 1 aliphatic carbocycles. The van der Waals surface area contributed by atoms with E-state index in [1.54, 1.807) is 0 Å². The predicted octanol–water partition coefficient (Wildman–Crippen LogP) is -6.65. The van der Waals surface area contributed by atoms with Crippen LogP contribution in [0.1, 0.15) is 6.42 Å². The van der Waals surface area contributed by atoms with Gasteiger partial charge in [0.05, 0.1) is 18.8 Å². The van der Waals surface area contributed by atoms with Crippen LogP contribution in [0.15, 0.2) is 0 Å². The van der Waals surface area contributed by atoms with Crippen molar-refractivity contribution in [1.29, 1.82) is 0 Å². The highest BCUT2D eigenvalue weighted by Gasteiger charge is 2.52. The Morgan fingerprint density at radius 3 is 1.87 bits per heavy atom. The van der Waals surface area contributed by atoms with Gasteiger partial charge in [-0.15, -0.1) is 0 Å². The monoisotopic (exact) mass is 454 g/mol. The van der Waals surface area contributed by atoms with Crippen LogP contribution in [0.3, 0.4) is 0 Å². The molecule has 14 nitrogen and oxygen atoms in total. The van der Waals surface area contributed by atoms with Gasteiger partial charge in [0.15, 0.2) is 12.6 Å². The fourth-order valence-corrected chi connectivity index (χ4v) is 4.16. The quantitative estimate of drug-likeness (QED) is 0.179. The minimum Gasteiger partial charge on any atom is -0.394 e. The maximum Gasteiger partial charge on any atom is 0.187 e. The van der Waals surface area contributed by atoms with Gasteiger partial charge < -0.3 is 72.5 Å². The van der Waals surface area contributed by atoms with E-state index in [9.17, 15) is 30.6 Å². The summed E-state index contributed by atoms with van der Waals surface area (Å²) in [6.07, 6.45) is -13.8. The molecule has 2 unspecified atom stereocenters. The molecule has 2 saturated heterocycles. The topological polar surface area (TPSA) is 262 Å². The van der Waals surface area contributed by atoms with Crippen molar-refractivity contribution in [3.05, 3.63) is 0 Å². The van der Waals surface area contributed by atoms with Crippen molar-refractivity contribution < 1.29 is 49.6 Å². The molecule has 0 amide bonds. The summed E-state index contributed by atoms with van der Waals surface area (Å²) in [7, 11) is 0. The average molecular weight is 454 g/mol. The average Bonchev–Trinajstić information content (AvgIpc) is 3.02. The Bertz CT molecular complexity index is 591. The summed E-state index contributed by atoms with van der Waals surface area (Å²) in [5.41, 5.74) is 23.6. The van der Waals surface area contributed by atoms with E-state index < -0.39 is 92.2 Å². The van der Waals surface area contributed by atoms with Crippen molar-refractivity contribution in [2.75, 3.05) is 13.2 Å². The van der Waals surface area contributed by atoms with Crippen molar-refractivity contribution in [3.63, 3.8) is 0 Å². The lowest BCUT2D eigenvalue weighted by atomic mass is 9.84. The van der Waals surface area contributed by atoms with Crippen molar-refractivity contribution >= 4 is 0 Å². The third-order valence-electron chi connectivity index (χ3n) is 6.13. The fraction of sp³-hybridized carbons (Fsp3) is 1.00. The number of hydrogen-bond acceptors (Lipinski definition) is 14.